The molecule has 12 rings (SSSR count). The number of hydrogen-bond donors (Lipinski definition) is 0. The van der Waals surface area contributed by atoms with Crippen molar-refractivity contribution in [1.82, 2.24) is 0 Å². The van der Waals surface area contributed by atoms with E-state index in [2.05, 4.69) is 254 Å². The zero-order valence-corrected chi connectivity index (χ0v) is 35.8. The number of nitrogens with zero attached hydrogens (tertiary/aromatic N) is 1. The SMILES string of the molecule is c1ccc(-c2cccc(-c3ccccc3)c2N(c2cccc(-c3ccc4c(c3)c(-c3ccccc3)c(-c3ccccc3)c3ccccc34)c2)c2ccc3sc4ccccc4c3c2)cc1. The molecule has 0 fully saturated rings. The third-order valence-corrected chi connectivity index (χ3v) is 13.8. The summed E-state index contributed by atoms with van der Waals surface area (Å²) in [6.45, 7) is 0. The molecule has 0 N–H and O–H groups in total. The normalized spacial score (nSPS) is 11.4. The minimum absolute atomic E-state index is 1.09. The van der Waals surface area contributed by atoms with E-state index in [1.807, 2.05) is 11.3 Å². The third kappa shape index (κ3) is 6.55. The smallest absolute Gasteiger partial charge is 0.0618 e. The molecule has 64 heavy (non-hydrogen) atoms. The van der Waals surface area contributed by atoms with Crippen LogP contribution in [0.1, 0.15) is 0 Å². The minimum atomic E-state index is 1.09. The number of benzene rings is 11. The maximum absolute atomic E-state index is 2.50. The number of thiophene rings is 1. The summed E-state index contributed by atoms with van der Waals surface area (Å²) in [5.41, 5.74) is 15.3. The fraction of sp³-hybridized carbons (Fsp3) is 0. The molecule has 2 heteroatoms. The second kappa shape index (κ2) is 16.0. The third-order valence-electron chi connectivity index (χ3n) is 12.6. The summed E-state index contributed by atoms with van der Waals surface area (Å²) in [5.74, 6) is 0. The highest BCUT2D eigenvalue weighted by atomic mass is 32.1. The molecule has 0 atom stereocenters. The van der Waals surface area contributed by atoms with Crippen molar-refractivity contribution in [3.05, 3.63) is 249 Å². The number of para-hydroxylation sites is 1. The highest BCUT2D eigenvalue weighted by Crippen LogP contribution is 2.50. The summed E-state index contributed by atoms with van der Waals surface area (Å²) in [4.78, 5) is 2.50. The zero-order valence-electron chi connectivity index (χ0n) is 35.0. The van der Waals surface area contributed by atoms with Gasteiger partial charge in [-0.1, -0.05) is 206 Å². The van der Waals surface area contributed by atoms with Gasteiger partial charge in [0, 0.05) is 42.7 Å². The average Bonchev–Trinajstić information content (AvgIpc) is 3.75. The topological polar surface area (TPSA) is 3.24 Å². The Morgan fingerprint density at radius 3 is 1.38 bits per heavy atom. The Hall–Kier alpha value is -8.04. The van der Waals surface area contributed by atoms with Crippen LogP contribution in [0.25, 0.3) is 97.4 Å². The van der Waals surface area contributed by atoms with Gasteiger partial charge in [-0.2, -0.15) is 0 Å². The van der Waals surface area contributed by atoms with Crippen molar-refractivity contribution in [3.63, 3.8) is 0 Å². The monoisotopic (exact) mass is 831 g/mol. The van der Waals surface area contributed by atoms with Gasteiger partial charge < -0.3 is 4.90 Å². The molecule has 11 aromatic carbocycles. The first-order valence-electron chi connectivity index (χ1n) is 21.9. The Balaban J connectivity index is 1.12. The van der Waals surface area contributed by atoms with Crippen LogP contribution in [-0.2, 0) is 0 Å². The van der Waals surface area contributed by atoms with Crippen LogP contribution < -0.4 is 4.90 Å². The van der Waals surface area contributed by atoms with E-state index in [9.17, 15) is 0 Å². The van der Waals surface area contributed by atoms with Gasteiger partial charge in [0.25, 0.3) is 0 Å². The molecule has 12 aromatic rings. The lowest BCUT2D eigenvalue weighted by atomic mass is 9.84. The second-order valence-corrected chi connectivity index (χ2v) is 17.5. The second-order valence-electron chi connectivity index (χ2n) is 16.4. The van der Waals surface area contributed by atoms with Crippen molar-refractivity contribution in [2.45, 2.75) is 0 Å². The summed E-state index contributed by atoms with van der Waals surface area (Å²) in [6.07, 6.45) is 0. The molecular formula is C62H41NS. The lowest BCUT2D eigenvalue weighted by molar-refractivity contribution is 1.29. The summed E-state index contributed by atoms with van der Waals surface area (Å²) in [7, 11) is 0. The van der Waals surface area contributed by atoms with Crippen LogP contribution in [0, 0.1) is 0 Å². The number of fused-ring (bicyclic) bond motifs is 6. The van der Waals surface area contributed by atoms with E-state index in [4.69, 9.17) is 0 Å². The number of hydrogen-bond acceptors (Lipinski definition) is 2. The summed E-state index contributed by atoms with van der Waals surface area (Å²) in [5, 5.41) is 7.54. The molecule has 0 radical (unpaired) electrons. The van der Waals surface area contributed by atoms with E-state index in [0.29, 0.717) is 0 Å². The Labute approximate surface area is 377 Å². The van der Waals surface area contributed by atoms with Gasteiger partial charge in [-0.3, -0.25) is 0 Å². The standard InChI is InChI=1S/C62H41NS/c1-5-19-42(20-6-1)50-32-18-33-51(43-21-7-2-8-22-43)62(50)63(49-36-38-59-56(41-49)54-30-15-16-34-58(54)64-59)48-28-17-27-46(39-48)47-35-37-53-52-29-13-14-31-55(52)60(44-23-9-3-10-24-44)61(57(53)40-47)45-25-11-4-12-26-45/h1-41H. The van der Waals surface area contributed by atoms with Crippen LogP contribution in [0.5, 0.6) is 0 Å². The first-order chi connectivity index (χ1) is 31.8. The quantitative estimate of drug-likeness (QED) is 0.138. The van der Waals surface area contributed by atoms with Gasteiger partial charge in [0.05, 0.1) is 5.69 Å². The van der Waals surface area contributed by atoms with Gasteiger partial charge in [0.1, 0.15) is 0 Å². The first kappa shape index (κ1) is 37.7. The minimum Gasteiger partial charge on any atom is -0.309 e. The predicted molar refractivity (Wildman–Crippen MR) is 276 cm³/mol. The van der Waals surface area contributed by atoms with Crippen LogP contribution >= 0.6 is 11.3 Å². The van der Waals surface area contributed by atoms with E-state index in [0.717, 1.165) is 22.6 Å². The molecular weight excluding hydrogens is 791 g/mol. The molecule has 0 unspecified atom stereocenters. The van der Waals surface area contributed by atoms with Gasteiger partial charge in [-0.05, 0) is 109 Å². The van der Waals surface area contributed by atoms with Gasteiger partial charge in [-0.15, -0.1) is 11.3 Å². The van der Waals surface area contributed by atoms with E-state index >= 15 is 0 Å². The number of rotatable bonds is 8. The van der Waals surface area contributed by atoms with E-state index in [1.165, 1.54) is 91.8 Å². The Morgan fingerprint density at radius 2 is 0.719 bits per heavy atom. The summed E-state index contributed by atoms with van der Waals surface area (Å²) in [6, 6.07) is 91.1. The molecule has 0 aliphatic heterocycles. The average molecular weight is 832 g/mol. The fourth-order valence-electron chi connectivity index (χ4n) is 9.75. The van der Waals surface area contributed by atoms with Crippen molar-refractivity contribution in [2.75, 3.05) is 4.90 Å². The van der Waals surface area contributed by atoms with Crippen molar-refractivity contribution in [2.24, 2.45) is 0 Å². The summed E-state index contributed by atoms with van der Waals surface area (Å²) < 4.78 is 2.58. The lowest BCUT2D eigenvalue weighted by Gasteiger charge is -2.31. The van der Waals surface area contributed by atoms with E-state index < -0.39 is 0 Å². The van der Waals surface area contributed by atoms with E-state index in [1.54, 1.807) is 0 Å². The highest BCUT2D eigenvalue weighted by molar-refractivity contribution is 7.25. The molecule has 0 aliphatic carbocycles. The molecule has 0 bridgehead atoms. The zero-order chi connectivity index (χ0) is 42.4. The Morgan fingerprint density at radius 1 is 0.250 bits per heavy atom. The highest BCUT2D eigenvalue weighted by Gasteiger charge is 2.24. The molecule has 300 valence electrons. The fourth-order valence-corrected chi connectivity index (χ4v) is 10.8. The van der Waals surface area contributed by atoms with Crippen molar-refractivity contribution in [3.8, 4) is 55.6 Å². The maximum Gasteiger partial charge on any atom is 0.0618 e. The molecule has 0 saturated heterocycles. The Kier molecular flexibility index (Phi) is 9.43. The van der Waals surface area contributed by atoms with Gasteiger partial charge >= 0.3 is 0 Å². The van der Waals surface area contributed by atoms with Crippen LogP contribution in [0.4, 0.5) is 17.1 Å². The molecule has 0 saturated carbocycles. The van der Waals surface area contributed by atoms with Crippen LogP contribution in [0.15, 0.2) is 249 Å². The molecule has 0 amide bonds. The summed E-state index contributed by atoms with van der Waals surface area (Å²) >= 11 is 1.86. The van der Waals surface area contributed by atoms with Crippen LogP contribution in [0.2, 0.25) is 0 Å². The number of anilines is 3. The van der Waals surface area contributed by atoms with Gasteiger partial charge in [-0.25, -0.2) is 0 Å². The molecule has 1 heterocycles. The van der Waals surface area contributed by atoms with Gasteiger partial charge in [0.2, 0.25) is 0 Å². The predicted octanol–water partition coefficient (Wildman–Crippen LogP) is 18.2. The maximum atomic E-state index is 2.50. The Bertz CT molecular complexity index is 3590. The molecule has 1 nitrogen and oxygen atoms in total. The van der Waals surface area contributed by atoms with Crippen LogP contribution in [0.3, 0.4) is 0 Å². The molecule has 0 spiro atoms. The molecule has 0 aliphatic rings. The van der Waals surface area contributed by atoms with Crippen LogP contribution in [-0.4, -0.2) is 0 Å². The van der Waals surface area contributed by atoms with Crippen molar-refractivity contribution >= 4 is 70.1 Å². The first-order valence-corrected chi connectivity index (χ1v) is 22.7. The molecule has 1 aromatic heterocycles. The van der Waals surface area contributed by atoms with Crippen molar-refractivity contribution in [1.29, 1.82) is 0 Å². The lowest BCUT2D eigenvalue weighted by Crippen LogP contribution is -2.13. The largest absolute Gasteiger partial charge is 0.309 e. The van der Waals surface area contributed by atoms with E-state index in [-0.39, 0.29) is 0 Å². The van der Waals surface area contributed by atoms with Gasteiger partial charge in [0.15, 0.2) is 0 Å². The van der Waals surface area contributed by atoms with Crippen molar-refractivity contribution < 1.29 is 0 Å².